The summed E-state index contributed by atoms with van der Waals surface area (Å²) in [7, 11) is 1.80. The Hall–Kier alpha value is -2.67. The summed E-state index contributed by atoms with van der Waals surface area (Å²) >= 11 is 1.74. The summed E-state index contributed by atoms with van der Waals surface area (Å²) in [6.07, 6.45) is 4.67. The van der Waals surface area contributed by atoms with E-state index in [1.807, 2.05) is 16.9 Å². The van der Waals surface area contributed by atoms with Gasteiger partial charge in [-0.1, -0.05) is 38.1 Å². The molecule has 0 aliphatic heterocycles. The first-order valence-electron chi connectivity index (χ1n) is 9.58. The van der Waals surface area contributed by atoms with Crippen molar-refractivity contribution < 1.29 is 0 Å². The maximum absolute atomic E-state index is 4.68. The van der Waals surface area contributed by atoms with Crippen molar-refractivity contribution in [1.29, 1.82) is 0 Å². The lowest BCUT2D eigenvalue weighted by molar-refractivity contribution is 0.677. The van der Waals surface area contributed by atoms with E-state index in [1.165, 1.54) is 16.1 Å². The van der Waals surface area contributed by atoms with E-state index >= 15 is 0 Å². The third kappa shape index (κ3) is 5.66. The highest BCUT2D eigenvalue weighted by atomic mass is 32.1. The first-order chi connectivity index (χ1) is 13.7. The molecule has 148 valence electrons. The van der Waals surface area contributed by atoms with Crippen molar-refractivity contribution >= 4 is 17.3 Å². The lowest BCUT2D eigenvalue weighted by atomic mass is 10.1. The van der Waals surface area contributed by atoms with Crippen LogP contribution in [0.25, 0.3) is 0 Å². The molecule has 28 heavy (non-hydrogen) atoms. The molecule has 0 fully saturated rings. The molecule has 3 aromatic rings. The van der Waals surface area contributed by atoms with Crippen LogP contribution in [0.15, 0.2) is 53.1 Å². The van der Waals surface area contributed by atoms with E-state index < -0.39 is 0 Å². The fourth-order valence-corrected chi connectivity index (χ4v) is 3.73. The van der Waals surface area contributed by atoms with Gasteiger partial charge in [-0.3, -0.25) is 9.67 Å². The normalized spacial score (nSPS) is 11.8. The Bertz CT molecular complexity index is 882. The summed E-state index contributed by atoms with van der Waals surface area (Å²) in [6, 6.07) is 10.4. The van der Waals surface area contributed by atoms with Gasteiger partial charge in [0.25, 0.3) is 0 Å². The van der Waals surface area contributed by atoms with E-state index in [0.29, 0.717) is 12.5 Å². The molecule has 0 aliphatic rings. The molecular weight excluding hydrogens is 368 g/mol. The van der Waals surface area contributed by atoms with E-state index in [9.17, 15) is 0 Å². The average Bonchev–Trinajstić information content (AvgIpc) is 3.37. The van der Waals surface area contributed by atoms with Gasteiger partial charge in [-0.15, -0.1) is 11.3 Å². The van der Waals surface area contributed by atoms with E-state index in [-0.39, 0.29) is 0 Å². The van der Waals surface area contributed by atoms with Crippen molar-refractivity contribution in [2.45, 2.75) is 39.3 Å². The van der Waals surface area contributed by atoms with Gasteiger partial charge in [-0.05, 0) is 17.2 Å². The van der Waals surface area contributed by atoms with Crippen LogP contribution in [0.4, 0.5) is 0 Å². The van der Waals surface area contributed by atoms with Crippen molar-refractivity contribution in [3.63, 3.8) is 0 Å². The molecule has 0 saturated carbocycles. The van der Waals surface area contributed by atoms with Gasteiger partial charge in [0, 0.05) is 50.2 Å². The number of rotatable bonds is 8. The molecule has 7 heteroatoms. The molecule has 2 aromatic heterocycles. The number of nitrogens with zero attached hydrogens (tertiary/aromatic N) is 4. The summed E-state index contributed by atoms with van der Waals surface area (Å²) in [5.41, 5.74) is 3.63. The smallest absolute Gasteiger partial charge is 0.191 e. The largest absolute Gasteiger partial charge is 0.356 e. The average molecular weight is 397 g/mol. The van der Waals surface area contributed by atoms with Crippen LogP contribution in [0.3, 0.4) is 0 Å². The number of aromatic nitrogens is 3. The molecule has 0 aliphatic carbocycles. The van der Waals surface area contributed by atoms with Crippen LogP contribution in [0, 0.1) is 0 Å². The maximum atomic E-state index is 4.68. The monoisotopic (exact) mass is 396 g/mol. The Morgan fingerprint density at radius 1 is 1.18 bits per heavy atom. The van der Waals surface area contributed by atoms with E-state index in [0.717, 1.165) is 31.2 Å². The van der Waals surface area contributed by atoms with Crippen LogP contribution >= 0.6 is 11.3 Å². The first kappa shape index (κ1) is 20.1. The maximum Gasteiger partial charge on any atom is 0.191 e. The van der Waals surface area contributed by atoms with Gasteiger partial charge < -0.3 is 10.6 Å². The highest BCUT2D eigenvalue weighted by Crippen LogP contribution is 2.19. The predicted molar refractivity (Wildman–Crippen MR) is 116 cm³/mol. The molecule has 0 spiro atoms. The van der Waals surface area contributed by atoms with Crippen LogP contribution < -0.4 is 10.6 Å². The van der Waals surface area contributed by atoms with Crippen molar-refractivity contribution in [3.05, 3.63) is 69.9 Å². The number of guanidine groups is 1. The third-order valence-corrected chi connectivity index (χ3v) is 5.61. The third-order valence-electron chi connectivity index (χ3n) is 4.42. The number of nitrogens with one attached hydrogen (secondary N) is 2. The summed E-state index contributed by atoms with van der Waals surface area (Å²) in [6.45, 7) is 6.63. The molecule has 6 nitrogen and oxygen atoms in total. The fourth-order valence-electron chi connectivity index (χ4n) is 2.86. The summed E-state index contributed by atoms with van der Waals surface area (Å²) in [5, 5.41) is 14.4. The van der Waals surface area contributed by atoms with E-state index in [1.54, 1.807) is 24.6 Å². The van der Waals surface area contributed by atoms with Crippen molar-refractivity contribution in [3.8, 4) is 0 Å². The van der Waals surface area contributed by atoms with Crippen molar-refractivity contribution in [1.82, 2.24) is 25.4 Å². The van der Waals surface area contributed by atoms with Crippen LogP contribution in [0.5, 0.6) is 0 Å². The minimum atomic E-state index is 0.489. The number of hydrogen-bond acceptors (Lipinski definition) is 4. The topological polar surface area (TPSA) is 67.1 Å². The van der Waals surface area contributed by atoms with Crippen molar-refractivity contribution in [2.24, 2.45) is 4.99 Å². The quantitative estimate of drug-likeness (QED) is 0.452. The lowest BCUT2D eigenvalue weighted by Gasteiger charge is -2.14. The summed E-state index contributed by atoms with van der Waals surface area (Å²) < 4.78 is 1.94. The predicted octanol–water partition coefficient (Wildman–Crippen LogP) is 3.42. The Kier molecular flexibility index (Phi) is 7.19. The molecular formula is C21H28N6S. The summed E-state index contributed by atoms with van der Waals surface area (Å²) in [5.74, 6) is 1.29. The molecule has 0 bridgehead atoms. The second-order valence-electron chi connectivity index (χ2n) is 6.91. The molecule has 1 aromatic carbocycles. The van der Waals surface area contributed by atoms with E-state index in [4.69, 9.17) is 0 Å². The van der Waals surface area contributed by atoms with Gasteiger partial charge in [0.05, 0.1) is 17.2 Å². The molecule has 0 saturated heterocycles. The van der Waals surface area contributed by atoms with Crippen LogP contribution in [0.2, 0.25) is 0 Å². The second kappa shape index (κ2) is 10.0. The fraction of sp³-hybridized carbons (Fsp3) is 0.381. The van der Waals surface area contributed by atoms with Gasteiger partial charge in [-0.2, -0.15) is 5.10 Å². The van der Waals surface area contributed by atoms with Gasteiger partial charge in [0.2, 0.25) is 0 Å². The minimum absolute atomic E-state index is 0.489. The van der Waals surface area contributed by atoms with Gasteiger partial charge in [-0.25, -0.2) is 4.98 Å². The Labute approximate surface area is 170 Å². The number of thiazole rings is 1. The zero-order valence-electron chi connectivity index (χ0n) is 16.7. The number of hydrogen-bond donors (Lipinski definition) is 2. The Balaban J connectivity index is 1.50. The van der Waals surface area contributed by atoms with Crippen LogP contribution in [-0.2, 0) is 19.5 Å². The molecule has 2 N–H and O–H groups in total. The molecule has 0 atom stereocenters. The van der Waals surface area contributed by atoms with Crippen LogP contribution in [0.1, 0.15) is 41.6 Å². The number of aliphatic imine (C=N–C) groups is 1. The van der Waals surface area contributed by atoms with Gasteiger partial charge >= 0.3 is 0 Å². The summed E-state index contributed by atoms with van der Waals surface area (Å²) in [4.78, 5) is 9.02. The second-order valence-corrected chi connectivity index (χ2v) is 7.80. The molecule has 0 unspecified atom stereocenters. The standard InChI is InChI=1S/C21H28N6S/c1-16(2)20-26-19(15-28-20)9-11-23-21(22-3)24-13-17-7-4-5-8-18(17)14-27-12-6-10-25-27/h4-8,10,12,15-16H,9,11,13-14H2,1-3H3,(H2,22,23,24). The first-order valence-corrected chi connectivity index (χ1v) is 10.5. The molecule has 3 rings (SSSR count). The Morgan fingerprint density at radius 2 is 2.00 bits per heavy atom. The minimum Gasteiger partial charge on any atom is -0.356 e. The van der Waals surface area contributed by atoms with Crippen molar-refractivity contribution in [2.75, 3.05) is 13.6 Å². The van der Waals surface area contributed by atoms with E-state index in [2.05, 4.69) is 69.2 Å². The Morgan fingerprint density at radius 3 is 2.68 bits per heavy atom. The van der Waals surface area contributed by atoms with Gasteiger partial charge in [0.15, 0.2) is 5.96 Å². The zero-order chi connectivity index (χ0) is 19.8. The molecule has 0 radical (unpaired) electrons. The lowest BCUT2D eigenvalue weighted by Crippen LogP contribution is -2.38. The van der Waals surface area contributed by atoms with Gasteiger partial charge in [0.1, 0.15) is 0 Å². The molecule has 2 heterocycles. The number of benzene rings is 1. The highest BCUT2D eigenvalue weighted by Gasteiger charge is 2.07. The zero-order valence-corrected chi connectivity index (χ0v) is 17.5. The van der Waals surface area contributed by atoms with Crippen LogP contribution in [-0.4, -0.2) is 34.3 Å². The highest BCUT2D eigenvalue weighted by molar-refractivity contribution is 7.09. The SMILES string of the molecule is CN=C(NCCc1csc(C(C)C)n1)NCc1ccccc1Cn1cccn1. The molecule has 0 amide bonds.